The highest BCUT2D eigenvalue weighted by Crippen LogP contribution is 2.69. The van der Waals surface area contributed by atoms with Gasteiger partial charge in [0.25, 0.3) is 0 Å². The highest BCUT2D eigenvalue weighted by Gasteiger charge is 2.65. The number of ketones is 1. The second kappa shape index (κ2) is 6.06. The molecule has 0 saturated heterocycles. The lowest BCUT2D eigenvalue weighted by Crippen LogP contribution is -2.55. The Labute approximate surface area is 158 Å². The minimum absolute atomic E-state index is 0.0360. The predicted octanol–water partition coefficient (Wildman–Crippen LogP) is 5.48. The minimum Gasteiger partial charge on any atom is -0.366 e. The first-order valence-electron chi connectivity index (χ1n) is 11.2. The zero-order valence-corrected chi connectivity index (χ0v) is 16.5. The van der Waals surface area contributed by atoms with Gasteiger partial charge in [-0.2, -0.15) is 0 Å². The molecular weight excluding hydrogens is 320 g/mol. The summed E-state index contributed by atoms with van der Waals surface area (Å²) < 4.78 is 6.47. The van der Waals surface area contributed by atoms with Gasteiger partial charge in [0.2, 0.25) is 0 Å². The Hall–Kier alpha value is -0.890. The smallest absolute Gasteiger partial charge is 0.155 e. The van der Waals surface area contributed by atoms with Crippen molar-refractivity contribution in [2.24, 2.45) is 35.0 Å². The Kier molecular flexibility index (Phi) is 4.01. The van der Waals surface area contributed by atoms with Gasteiger partial charge >= 0.3 is 0 Å². The Bertz CT molecular complexity index is 661. The topological polar surface area (TPSA) is 26.3 Å². The van der Waals surface area contributed by atoms with E-state index in [2.05, 4.69) is 26.0 Å². The third-order valence-electron chi connectivity index (χ3n) is 9.33. The minimum atomic E-state index is 0.0360. The molecule has 5 aliphatic rings. The molecular formula is C24H34O2. The molecule has 142 valence electrons. The van der Waals surface area contributed by atoms with Gasteiger partial charge in [-0.3, -0.25) is 4.79 Å². The number of carbonyl (C=O) groups excluding carboxylic acids is 1. The summed E-state index contributed by atoms with van der Waals surface area (Å²) in [7, 11) is 0. The molecule has 0 N–H and O–H groups in total. The number of rotatable bonds is 2. The first-order valence-corrected chi connectivity index (χ1v) is 11.2. The summed E-state index contributed by atoms with van der Waals surface area (Å²) in [6.45, 7) is 5.62. The highest BCUT2D eigenvalue weighted by atomic mass is 16.5. The molecule has 2 heteroatoms. The second-order valence-electron chi connectivity index (χ2n) is 9.74. The molecule has 0 bridgehead atoms. The predicted molar refractivity (Wildman–Crippen MR) is 104 cm³/mol. The zero-order valence-electron chi connectivity index (χ0n) is 16.5. The normalized spacial score (nSPS) is 49.7. The van der Waals surface area contributed by atoms with Crippen molar-refractivity contribution >= 4 is 5.78 Å². The lowest BCUT2D eigenvalue weighted by Gasteiger charge is -2.59. The number of hydrogen-bond donors (Lipinski definition) is 0. The summed E-state index contributed by atoms with van der Waals surface area (Å²) >= 11 is 0. The molecule has 2 nitrogen and oxygen atoms in total. The van der Waals surface area contributed by atoms with E-state index in [9.17, 15) is 4.79 Å². The van der Waals surface area contributed by atoms with Crippen molar-refractivity contribution in [1.29, 1.82) is 0 Å². The van der Waals surface area contributed by atoms with Crippen molar-refractivity contribution in [2.75, 3.05) is 6.61 Å². The van der Waals surface area contributed by atoms with Crippen molar-refractivity contribution in [2.45, 2.75) is 77.2 Å². The molecule has 1 spiro atoms. The Balaban J connectivity index is 1.54. The monoisotopic (exact) mass is 354 g/mol. The molecule has 1 heterocycles. The summed E-state index contributed by atoms with van der Waals surface area (Å²) in [5.41, 5.74) is 1.91. The van der Waals surface area contributed by atoms with Gasteiger partial charge in [-0.15, -0.1) is 0 Å². The molecule has 5 rings (SSSR count). The first-order chi connectivity index (χ1) is 12.6. The molecule has 0 amide bonds. The highest BCUT2D eigenvalue weighted by molar-refractivity contribution is 5.91. The average molecular weight is 355 g/mol. The van der Waals surface area contributed by atoms with Gasteiger partial charge in [-0.05, 0) is 80.6 Å². The maximum Gasteiger partial charge on any atom is 0.155 e. The van der Waals surface area contributed by atoms with Crippen LogP contribution in [0.3, 0.4) is 0 Å². The van der Waals surface area contributed by atoms with Gasteiger partial charge in [-0.1, -0.05) is 38.0 Å². The summed E-state index contributed by atoms with van der Waals surface area (Å²) in [5.74, 6) is 4.34. The van der Waals surface area contributed by atoms with Crippen LogP contribution in [0.25, 0.3) is 0 Å². The van der Waals surface area contributed by atoms with E-state index in [0.717, 1.165) is 43.1 Å². The number of fused-ring (bicyclic) bond motifs is 6. The van der Waals surface area contributed by atoms with Crippen LogP contribution >= 0.6 is 0 Å². The number of carbonyl (C=O) groups is 1. The number of ether oxygens (including phenoxy) is 1. The molecule has 0 aromatic heterocycles. The lowest BCUT2D eigenvalue weighted by atomic mass is 9.47. The molecule has 6 unspecified atom stereocenters. The third-order valence-corrected chi connectivity index (χ3v) is 9.33. The molecule has 0 radical (unpaired) electrons. The van der Waals surface area contributed by atoms with Crippen molar-refractivity contribution < 1.29 is 9.53 Å². The fraction of sp³-hybridized carbons (Fsp3) is 0.792. The van der Waals surface area contributed by atoms with Crippen LogP contribution < -0.4 is 0 Å². The molecule has 7 atom stereocenters. The molecule has 3 fully saturated rings. The van der Waals surface area contributed by atoms with Gasteiger partial charge in [0.15, 0.2) is 5.78 Å². The fourth-order valence-corrected chi connectivity index (χ4v) is 8.34. The van der Waals surface area contributed by atoms with E-state index in [0.29, 0.717) is 17.1 Å². The van der Waals surface area contributed by atoms with Crippen LogP contribution in [0.4, 0.5) is 0 Å². The van der Waals surface area contributed by atoms with Crippen LogP contribution in [0.2, 0.25) is 0 Å². The van der Waals surface area contributed by atoms with Crippen molar-refractivity contribution in [1.82, 2.24) is 0 Å². The van der Waals surface area contributed by atoms with Crippen molar-refractivity contribution in [3.8, 4) is 0 Å². The van der Waals surface area contributed by atoms with E-state index in [-0.39, 0.29) is 5.60 Å². The van der Waals surface area contributed by atoms with Crippen molar-refractivity contribution in [3.05, 3.63) is 23.8 Å². The average Bonchev–Trinajstić information content (AvgIpc) is 3.27. The Morgan fingerprint density at radius 1 is 1.19 bits per heavy atom. The summed E-state index contributed by atoms with van der Waals surface area (Å²) in [5, 5.41) is 0. The Morgan fingerprint density at radius 2 is 2.08 bits per heavy atom. The number of hydrogen-bond acceptors (Lipinski definition) is 2. The van der Waals surface area contributed by atoms with Crippen LogP contribution in [-0.2, 0) is 9.53 Å². The van der Waals surface area contributed by atoms with E-state index < -0.39 is 0 Å². The SMILES string of the molecule is CCC1CC2=CC(=O)CCC2C2CC[C@@]3(CC)C(CCC34C=CCO4)C12. The molecule has 26 heavy (non-hydrogen) atoms. The molecule has 1 aliphatic heterocycles. The van der Waals surface area contributed by atoms with Crippen molar-refractivity contribution in [3.63, 3.8) is 0 Å². The van der Waals surface area contributed by atoms with E-state index in [4.69, 9.17) is 4.74 Å². The molecule has 4 aliphatic carbocycles. The van der Waals surface area contributed by atoms with Crippen LogP contribution in [0, 0.1) is 35.0 Å². The van der Waals surface area contributed by atoms with Crippen LogP contribution in [0.15, 0.2) is 23.8 Å². The largest absolute Gasteiger partial charge is 0.366 e. The summed E-state index contributed by atoms with van der Waals surface area (Å²) in [6, 6.07) is 0. The van der Waals surface area contributed by atoms with Crippen LogP contribution in [-0.4, -0.2) is 18.0 Å². The van der Waals surface area contributed by atoms with Crippen LogP contribution in [0.1, 0.15) is 71.6 Å². The second-order valence-corrected chi connectivity index (χ2v) is 9.74. The Morgan fingerprint density at radius 3 is 2.81 bits per heavy atom. The fourth-order valence-electron chi connectivity index (χ4n) is 8.34. The van der Waals surface area contributed by atoms with E-state index in [1.807, 2.05) is 6.08 Å². The maximum atomic E-state index is 12.0. The van der Waals surface area contributed by atoms with E-state index in [1.54, 1.807) is 0 Å². The van der Waals surface area contributed by atoms with Gasteiger partial charge < -0.3 is 4.74 Å². The standard InChI is InChI=1S/C24H34O2/c1-3-16-14-17-15-18(25)6-7-19(17)20-8-11-23(4-2)21(22(16)20)9-12-24(23)10-5-13-26-24/h5,10,15-16,19-22H,3-4,6-9,11-14H2,1-2H3/t16?,19?,20?,21?,22?,23-,24?/m0/s1. The molecule has 0 aromatic rings. The van der Waals surface area contributed by atoms with E-state index in [1.165, 1.54) is 50.5 Å². The van der Waals surface area contributed by atoms with Gasteiger partial charge in [0.1, 0.15) is 0 Å². The van der Waals surface area contributed by atoms with Gasteiger partial charge in [-0.25, -0.2) is 0 Å². The molecule has 3 saturated carbocycles. The van der Waals surface area contributed by atoms with Gasteiger partial charge in [0.05, 0.1) is 12.2 Å². The first kappa shape index (κ1) is 17.2. The summed E-state index contributed by atoms with van der Waals surface area (Å²) in [6.07, 6.45) is 17.6. The quantitative estimate of drug-likeness (QED) is 0.614. The zero-order chi connectivity index (χ0) is 17.9. The van der Waals surface area contributed by atoms with Crippen LogP contribution in [0.5, 0.6) is 0 Å². The van der Waals surface area contributed by atoms with E-state index >= 15 is 0 Å². The third kappa shape index (κ3) is 2.11. The maximum absolute atomic E-state index is 12.0. The summed E-state index contributed by atoms with van der Waals surface area (Å²) in [4.78, 5) is 12.0. The lowest BCUT2D eigenvalue weighted by molar-refractivity contribution is -0.134. The number of allylic oxidation sites excluding steroid dienone is 1. The van der Waals surface area contributed by atoms with Gasteiger partial charge in [0, 0.05) is 11.8 Å². The molecule has 0 aromatic carbocycles.